The van der Waals surface area contributed by atoms with Gasteiger partial charge in [0.05, 0.1) is 17.2 Å². The molecule has 3 aliphatic heterocycles. The summed E-state index contributed by atoms with van der Waals surface area (Å²) >= 11 is 0. The molecular weight excluding hydrogens is 444 g/mol. The summed E-state index contributed by atoms with van der Waals surface area (Å²) in [4.78, 5) is 7.28. The number of fused-ring (bicyclic) bond motifs is 4. The smallest absolute Gasteiger partial charge is 0.112 e. The summed E-state index contributed by atoms with van der Waals surface area (Å²) in [6.45, 7) is 6.27. The second-order valence-electron chi connectivity index (χ2n) is 11.2. The van der Waals surface area contributed by atoms with E-state index in [0.717, 1.165) is 61.7 Å². The molecule has 4 fully saturated rings. The van der Waals surface area contributed by atoms with Gasteiger partial charge in [-0.2, -0.15) is 0 Å². The fourth-order valence-corrected chi connectivity index (χ4v) is 7.15. The molecule has 4 aliphatic rings. The summed E-state index contributed by atoms with van der Waals surface area (Å²) in [7, 11) is 0. The molecule has 4 heteroatoms. The molecule has 36 heavy (non-hydrogen) atoms. The number of piperidine rings is 3. The quantitative estimate of drug-likeness (QED) is 0.384. The molecule has 7 rings (SSSR count). The molecule has 0 radical (unpaired) electrons. The van der Waals surface area contributed by atoms with Crippen molar-refractivity contribution in [1.82, 2.24) is 9.88 Å². The molecule has 6 atom stereocenters. The van der Waals surface area contributed by atoms with Crippen LogP contribution in [0, 0.1) is 11.8 Å². The van der Waals surface area contributed by atoms with Crippen molar-refractivity contribution >= 4 is 10.9 Å². The van der Waals surface area contributed by atoms with Crippen LogP contribution in [0.1, 0.15) is 68.3 Å². The predicted molar refractivity (Wildman–Crippen MR) is 145 cm³/mol. The van der Waals surface area contributed by atoms with Gasteiger partial charge in [-0.05, 0) is 67.3 Å². The van der Waals surface area contributed by atoms with E-state index in [1.165, 1.54) is 18.4 Å². The highest BCUT2D eigenvalue weighted by Gasteiger charge is 2.47. The zero-order valence-electron chi connectivity index (χ0n) is 21.1. The van der Waals surface area contributed by atoms with Crippen molar-refractivity contribution in [1.29, 1.82) is 0 Å². The van der Waals surface area contributed by atoms with Crippen molar-refractivity contribution < 1.29 is 9.84 Å². The zero-order chi connectivity index (χ0) is 24.5. The summed E-state index contributed by atoms with van der Waals surface area (Å²) < 4.78 is 7.29. The van der Waals surface area contributed by atoms with Crippen molar-refractivity contribution in [3.05, 3.63) is 90.6 Å². The predicted octanol–water partition coefficient (Wildman–Crippen LogP) is 6.63. The lowest BCUT2D eigenvalue weighted by Gasteiger charge is -2.52. The first kappa shape index (κ1) is 23.8. The highest BCUT2D eigenvalue weighted by Crippen LogP contribution is 2.48. The van der Waals surface area contributed by atoms with Gasteiger partial charge in [0.15, 0.2) is 0 Å². The lowest BCUT2D eigenvalue weighted by atomic mass is 9.73. The van der Waals surface area contributed by atoms with Crippen LogP contribution in [0.15, 0.2) is 79.5 Å². The molecule has 4 nitrogen and oxygen atoms in total. The molecule has 1 N–H and O–H groups in total. The molecule has 1 unspecified atom stereocenters. The number of benzene rings is 2. The minimum absolute atomic E-state index is 0.150. The van der Waals surface area contributed by atoms with Crippen LogP contribution in [0.3, 0.4) is 0 Å². The Labute approximate surface area is 215 Å². The van der Waals surface area contributed by atoms with E-state index >= 15 is 0 Å². The van der Waals surface area contributed by atoms with E-state index in [-0.39, 0.29) is 18.2 Å². The summed E-state index contributed by atoms with van der Waals surface area (Å²) in [5.41, 5.74) is 2.41. The Morgan fingerprint density at radius 1 is 1.03 bits per heavy atom. The third-order valence-electron chi connectivity index (χ3n) is 9.09. The minimum Gasteiger partial charge on any atom is -0.387 e. The van der Waals surface area contributed by atoms with Gasteiger partial charge in [-0.25, -0.2) is 0 Å². The molecule has 4 heterocycles. The number of rotatable bonds is 7. The highest BCUT2D eigenvalue weighted by molar-refractivity contribution is 5.82. The normalized spacial score (nSPS) is 29.0. The molecule has 1 saturated carbocycles. The molecular formula is C32H38N2O2. The maximum absolute atomic E-state index is 12.0. The van der Waals surface area contributed by atoms with Crippen molar-refractivity contribution in [3.63, 3.8) is 0 Å². The first-order valence-corrected chi connectivity index (χ1v) is 13.8. The third-order valence-corrected chi connectivity index (χ3v) is 9.09. The van der Waals surface area contributed by atoms with Crippen LogP contribution in [0.2, 0.25) is 0 Å². The Balaban J connectivity index is 1.44. The van der Waals surface area contributed by atoms with Crippen LogP contribution >= 0.6 is 0 Å². The maximum Gasteiger partial charge on any atom is 0.112 e. The Hall–Kier alpha value is -2.53. The van der Waals surface area contributed by atoms with Gasteiger partial charge in [0.25, 0.3) is 0 Å². The summed E-state index contributed by atoms with van der Waals surface area (Å²) in [5.74, 6) is 1.20. The van der Waals surface area contributed by atoms with E-state index in [4.69, 9.17) is 4.74 Å². The summed E-state index contributed by atoms with van der Waals surface area (Å²) in [5, 5.41) is 13.2. The van der Waals surface area contributed by atoms with Gasteiger partial charge in [0.2, 0.25) is 0 Å². The van der Waals surface area contributed by atoms with E-state index in [2.05, 4.69) is 71.1 Å². The molecule has 2 bridgehead atoms. The van der Waals surface area contributed by atoms with Crippen LogP contribution in [-0.2, 0) is 4.74 Å². The number of aromatic nitrogens is 1. The van der Waals surface area contributed by atoms with Crippen LogP contribution in [0.25, 0.3) is 10.9 Å². The van der Waals surface area contributed by atoms with Crippen LogP contribution in [0.5, 0.6) is 0 Å². The summed E-state index contributed by atoms with van der Waals surface area (Å²) in [6.07, 6.45) is 10.7. The minimum atomic E-state index is -0.854. The molecule has 1 aliphatic carbocycles. The van der Waals surface area contributed by atoms with E-state index < -0.39 is 5.60 Å². The van der Waals surface area contributed by atoms with Gasteiger partial charge in [-0.1, -0.05) is 73.9 Å². The second-order valence-corrected chi connectivity index (χ2v) is 11.2. The highest BCUT2D eigenvalue weighted by atomic mass is 16.5. The lowest BCUT2D eigenvalue weighted by Crippen LogP contribution is -2.55. The maximum atomic E-state index is 12.0. The van der Waals surface area contributed by atoms with Gasteiger partial charge in [-0.3, -0.25) is 9.88 Å². The average Bonchev–Trinajstić information content (AvgIpc) is 2.94. The summed E-state index contributed by atoms with van der Waals surface area (Å²) in [6, 6.07) is 21.2. The fraction of sp³-hybridized carbons (Fsp3) is 0.469. The average molecular weight is 483 g/mol. The molecule has 2 aromatic carbocycles. The standard InChI is InChI=1S/C32H38N2O2/c1-2-23-22-34-20-16-25(23)21-29(34)30(27-15-19-33-28-14-8-7-13-26(27)28)36-31(24-11-5-3-6-12-24)32(35)17-9-4-10-18-32/h2-3,5-8,11-15,19,23,25,29-31,35H,1,4,9-10,16-18,20-22H2/t23-,25-,29+,30+,31+/m0/s1. The Kier molecular flexibility index (Phi) is 6.68. The molecule has 1 aromatic heterocycles. The van der Waals surface area contributed by atoms with Crippen molar-refractivity contribution in [3.8, 4) is 0 Å². The largest absolute Gasteiger partial charge is 0.387 e. The number of hydrogen-bond acceptors (Lipinski definition) is 4. The van der Waals surface area contributed by atoms with Crippen molar-refractivity contribution in [2.24, 2.45) is 11.8 Å². The van der Waals surface area contributed by atoms with Crippen molar-refractivity contribution in [2.75, 3.05) is 13.1 Å². The van der Waals surface area contributed by atoms with Gasteiger partial charge < -0.3 is 9.84 Å². The molecule has 0 amide bonds. The Morgan fingerprint density at radius 3 is 2.56 bits per heavy atom. The lowest BCUT2D eigenvalue weighted by molar-refractivity contribution is -0.178. The number of pyridine rings is 1. The van der Waals surface area contributed by atoms with Crippen LogP contribution in [0.4, 0.5) is 0 Å². The van der Waals surface area contributed by atoms with Gasteiger partial charge in [0, 0.05) is 24.2 Å². The molecule has 188 valence electrons. The third kappa shape index (κ3) is 4.40. The SMILES string of the molecule is C=C[C@H]1CN2CC[C@H]1C[C@@H]2[C@H](O[C@H](c1ccccc1)C1(O)CCCCC1)c1ccnc2ccccc12. The van der Waals surface area contributed by atoms with E-state index in [0.29, 0.717) is 11.8 Å². The first-order valence-electron chi connectivity index (χ1n) is 13.8. The Morgan fingerprint density at radius 2 is 1.81 bits per heavy atom. The molecule has 3 saturated heterocycles. The first-order chi connectivity index (χ1) is 17.7. The molecule has 0 spiro atoms. The Bertz CT molecular complexity index is 1180. The second kappa shape index (κ2) is 10.1. The number of ether oxygens (including phenoxy) is 1. The monoisotopic (exact) mass is 482 g/mol. The number of hydrogen-bond donors (Lipinski definition) is 1. The number of nitrogens with zero attached hydrogens (tertiary/aromatic N) is 2. The fourth-order valence-electron chi connectivity index (χ4n) is 7.15. The van der Waals surface area contributed by atoms with Gasteiger partial charge in [0.1, 0.15) is 6.10 Å². The van der Waals surface area contributed by atoms with Crippen LogP contribution < -0.4 is 0 Å². The van der Waals surface area contributed by atoms with Crippen LogP contribution in [-0.4, -0.2) is 39.7 Å². The topological polar surface area (TPSA) is 45.6 Å². The molecule has 3 aromatic rings. The van der Waals surface area contributed by atoms with Gasteiger partial charge in [-0.15, -0.1) is 6.58 Å². The van der Waals surface area contributed by atoms with E-state index in [1.54, 1.807) is 0 Å². The zero-order valence-corrected chi connectivity index (χ0v) is 21.1. The number of aliphatic hydroxyl groups is 1. The van der Waals surface area contributed by atoms with E-state index in [9.17, 15) is 5.11 Å². The van der Waals surface area contributed by atoms with E-state index in [1.807, 2.05) is 18.3 Å². The van der Waals surface area contributed by atoms with Crippen molar-refractivity contribution in [2.45, 2.75) is 68.8 Å². The van der Waals surface area contributed by atoms with Gasteiger partial charge >= 0.3 is 0 Å². The number of para-hydroxylation sites is 1.